The van der Waals surface area contributed by atoms with Crippen LogP contribution in [0.2, 0.25) is 0 Å². The molecule has 0 bridgehead atoms. The number of imidazole rings is 1. The summed E-state index contributed by atoms with van der Waals surface area (Å²) in [7, 11) is 0. The second-order valence-corrected chi connectivity index (χ2v) is 6.00. The molecule has 0 aliphatic carbocycles. The van der Waals surface area contributed by atoms with Gasteiger partial charge in [-0.15, -0.1) is 0 Å². The number of anilines is 1. The Balaban J connectivity index is 2.03. The number of aromatic amines is 1. The van der Waals surface area contributed by atoms with Crippen LogP contribution in [0.25, 0.3) is 0 Å². The van der Waals surface area contributed by atoms with Crippen molar-refractivity contribution in [3.8, 4) is 0 Å². The summed E-state index contributed by atoms with van der Waals surface area (Å²) >= 11 is 0. The first-order valence-corrected chi connectivity index (χ1v) is 6.90. The molecule has 112 valence electrons. The zero-order valence-electron chi connectivity index (χ0n) is 12.6. The number of pyridine rings is 1. The standard InChI is InChI=1S/C15H21N5O/c1-15(2,3)12-6-10(7-13(16)20-12)14(21)18-5-4-11-8-17-9-19-11/h6-9H,4-5H2,1-3H3,(H2,16,20)(H,17,19)(H,18,21). The predicted molar refractivity (Wildman–Crippen MR) is 82.0 cm³/mol. The lowest BCUT2D eigenvalue weighted by Gasteiger charge is -2.19. The summed E-state index contributed by atoms with van der Waals surface area (Å²) in [6.07, 6.45) is 4.07. The molecule has 21 heavy (non-hydrogen) atoms. The van der Waals surface area contributed by atoms with E-state index in [1.54, 1.807) is 24.7 Å². The van der Waals surface area contributed by atoms with Crippen molar-refractivity contribution in [2.24, 2.45) is 0 Å². The number of hydrogen-bond donors (Lipinski definition) is 3. The van der Waals surface area contributed by atoms with Crippen LogP contribution < -0.4 is 11.1 Å². The monoisotopic (exact) mass is 287 g/mol. The van der Waals surface area contributed by atoms with E-state index >= 15 is 0 Å². The number of H-pyrrole nitrogens is 1. The van der Waals surface area contributed by atoms with Crippen LogP contribution in [0, 0.1) is 0 Å². The second kappa shape index (κ2) is 5.95. The van der Waals surface area contributed by atoms with Crippen molar-refractivity contribution in [1.29, 1.82) is 0 Å². The van der Waals surface area contributed by atoms with E-state index in [0.29, 0.717) is 24.3 Å². The summed E-state index contributed by atoms with van der Waals surface area (Å²) in [6, 6.07) is 3.39. The number of rotatable bonds is 4. The maximum atomic E-state index is 12.2. The minimum absolute atomic E-state index is 0.144. The van der Waals surface area contributed by atoms with Gasteiger partial charge in [0.1, 0.15) is 5.82 Å². The van der Waals surface area contributed by atoms with Gasteiger partial charge in [0.05, 0.1) is 6.33 Å². The highest BCUT2D eigenvalue weighted by atomic mass is 16.1. The van der Waals surface area contributed by atoms with Crippen LogP contribution in [0.4, 0.5) is 5.82 Å². The van der Waals surface area contributed by atoms with Crippen LogP contribution in [-0.2, 0) is 11.8 Å². The van der Waals surface area contributed by atoms with Crippen molar-refractivity contribution in [3.63, 3.8) is 0 Å². The van der Waals surface area contributed by atoms with Gasteiger partial charge >= 0.3 is 0 Å². The van der Waals surface area contributed by atoms with Gasteiger partial charge in [0.15, 0.2) is 0 Å². The van der Waals surface area contributed by atoms with E-state index in [4.69, 9.17) is 5.73 Å². The molecule has 4 N–H and O–H groups in total. The number of amides is 1. The fourth-order valence-corrected chi connectivity index (χ4v) is 1.90. The van der Waals surface area contributed by atoms with Gasteiger partial charge in [-0.3, -0.25) is 4.79 Å². The Labute approximate surface area is 124 Å². The molecule has 0 fully saturated rings. The fraction of sp³-hybridized carbons (Fsp3) is 0.400. The summed E-state index contributed by atoms with van der Waals surface area (Å²) in [5, 5.41) is 2.87. The highest BCUT2D eigenvalue weighted by Gasteiger charge is 2.18. The van der Waals surface area contributed by atoms with Crippen LogP contribution >= 0.6 is 0 Å². The van der Waals surface area contributed by atoms with Crippen LogP contribution in [0.15, 0.2) is 24.7 Å². The molecular formula is C15H21N5O. The van der Waals surface area contributed by atoms with Crippen molar-refractivity contribution in [1.82, 2.24) is 20.3 Å². The van der Waals surface area contributed by atoms with E-state index < -0.39 is 0 Å². The van der Waals surface area contributed by atoms with Crippen LogP contribution in [0.5, 0.6) is 0 Å². The number of nitrogen functional groups attached to an aromatic ring is 1. The maximum Gasteiger partial charge on any atom is 0.251 e. The first-order valence-electron chi connectivity index (χ1n) is 6.90. The number of nitrogens with two attached hydrogens (primary N) is 1. The van der Waals surface area contributed by atoms with Gasteiger partial charge in [-0.2, -0.15) is 0 Å². The van der Waals surface area contributed by atoms with Crippen molar-refractivity contribution < 1.29 is 4.79 Å². The molecule has 0 saturated heterocycles. The molecule has 0 aromatic carbocycles. The average Bonchev–Trinajstić information content (AvgIpc) is 2.90. The van der Waals surface area contributed by atoms with Gasteiger partial charge in [-0.05, 0) is 12.1 Å². The van der Waals surface area contributed by atoms with Gasteiger partial charge in [-0.25, -0.2) is 9.97 Å². The summed E-state index contributed by atoms with van der Waals surface area (Å²) in [6.45, 7) is 6.65. The van der Waals surface area contributed by atoms with Crippen LogP contribution in [-0.4, -0.2) is 27.4 Å². The number of nitrogens with one attached hydrogen (secondary N) is 2. The second-order valence-electron chi connectivity index (χ2n) is 6.00. The third-order valence-electron chi connectivity index (χ3n) is 3.11. The zero-order chi connectivity index (χ0) is 15.5. The largest absolute Gasteiger partial charge is 0.384 e. The normalized spacial score (nSPS) is 11.4. The molecule has 2 aromatic heterocycles. The highest BCUT2D eigenvalue weighted by Crippen LogP contribution is 2.22. The first kappa shape index (κ1) is 15.0. The number of nitrogens with zero attached hydrogens (tertiary/aromatic N) is 2. The Morgan fingerprint density at radius 3 is 2.76 bits per heavy atom. The number of aromatic nitrogens is 3. The molecule has 2 aromatic rings. The van der Waals surface area contributed by atoms with Gasteiger partial charge in [0.25, 0.3) is 5.91 Å². The number of carbonyl (C=O) groups is 1. The summed E-state index contributed by atoms with van der Waals surface area (Å²) < 4.78 is 0. The summed E-state index contributed by atoms with van der Waals surface area (Å²) in [4.78, 5) is 23.4. The van der Waals surface area contributed by atoms with Gasteiger partial charge < -0.3 is 16.0 Å². The van der Waals surface area contributed by atoms with Crippen LogP contribution in [0.3, 0.4) is 0 Å². The molecule has 6 heteroatoms. The SMILES string of the molecule is CC(C)(C)c1cc(C(=O)NCCc2cnc[nH]2)cc(N)n1. The molecule has 0 aliphatic rings. The lowest BCUT2D eigenvalue weighted by molar-refractivity contribution is 0.0954. The minimum atomic E-state index is -0.152. The Kier molecular flexibility index (Phi) is 4.26. The summed E-state index contributed by atoms with van der Waals surface area (Å²) in [5.41, 5.74) is 7.97. The average molecular weight is 287 g/mol. The predicted octanol–water partition coefficient (Wildman–Crippen LogP) is 1.66. The Morgan fingerprint density at radius 1 is 1.38 bits per heavy atom. The van der Waals surface area contributed by atoms with E-state index in [1.807, 2.05) is 20.8 Å². The van der Waals surface area contributed by atoms with Gasteiger partial charge in [-0.1, -0.05) is 20.8 Å². The molecule has 0 radical (unpaired) electrons. The van der Waals surface area contributed by atoms with Crippen molar-refractivity contribution in [2.75, 3.05) is 12.3 Å². The third-order valence-corrected chi connectivity index (χ3v) is 3.11. The highest BCUT2D eigenvalue weighted by molar-refractivity contribution is 5.94. The van der Waals surface area contributed by atoms with E-state index in [1.165, 1.54) is 0 Å². The lowest BCUT2D eigenvalue weighted by atomic mass is 9.90. The first-order chi connectivity index (χ1) is 9.86. The molecule has 1 amide bonds. The fourth-order valence-electron chi connectivity index (χ4n) is 1.90. The quantitative estimate of drug-likeness (QED) is 0.796. The molecule has 6 nitrogen and oxygen atoms in total. The van der Waals surface area contributed by atoms with Gasteiger partial charge in [0.2, 0.25) is 0 Å². The molecule has 0 atom stereocenters. The molecule has 2 rings (SSSR count). The summed E-state index contributed by atoms with van der Waals surface area (Å²) in [5.74, 6) is 0.218. The van der Waals surface area contributed by atoms with E-state index in [-0.39, 0.29) is 11.3 Å². The zero-order valence-corrected chi connectivity index (χ0v) is 12.6. The topological polar surface area (TPSA) is 96.7 Å². The Morgan fingerprint density at radius 2 is 2.14 bits per heavy atom. The minimum Gasteiger partial charge on any atom is -0.384 e. The van der Waals surface area contributed by atoms with Gasteiger partial charge in [0, 0.05) is 41.5 Å². The van der Waals surface area contributed by atoms with E-state index in [0.717, 1.165) is 11.4 Å². The van der Waals surface area contributed by atoms with Crippen LogP contribution in [0.1, 0.15) is 42.5 Å². The third kappa shape index (κ3) is 4.05. The Bertz CT molecular complexity index is 613. The number of carbonyl (C=O) groups excluding carboxylic acids is 1. The lowest BCUT2D eigenvalue weighted by Crippen LogP contribution is -2.27. The molecule has 0 saturated carbocycles. The number of hydrogen-bond acceptors (Lipinski definition) is 4. The van der Waals surface area contributed by atoms with Crippen molar-refractivity contribution >= 4 is 11.7 Å². The van der Waals surface area contributed by atoms with Crippen molar-refractivity contribution in [3.05, 3.63) is 41.6 Å². The maximum absolute atomic E-state index is 12.2. The smallest absolute Gasteiger partial charge is 0.251 e. The van der Waals surface area contributed by atoms with Crippen molar-refractivity contribution in [2.45, 2.75) is 32.6 Å². The van der Waals surface area contributed by atoms with E-state index in [2.05, 4.69) is 20.3 Å². The molecule has 0 unspecified atom stereocenters. The molecule has 0 spiro atoms. The Hall–Kier alpha value is -2.37. The molecular weight excluding hydrogens is 266 g/mol. The van der Waals surface area contributed by atoms with E-state index in [9.17, 15) is 4.79 Å². The molecule has 0 aliphatic heterocycles. The molecule has 2 heterocycles.